The van der Waals surface area contributed by atoms with Crippen LogP contribution in [0.15, 0.2) is 53.4 Å². The largest absolute Gasteiger partial charge is 0.494 e. The highest BCUT2D eigenvalue weighted by Crippen LogP contribution is 2.21. The molecule has 4 rings (SSSR count). The molecule has 0 N–H and O–H groups in total. The molecule has 0 amide bonds. The average molecular weight is 474 g/mol. The van der Waals surface area contributed by atoms with Crippen LogP contribution in [-0.4, -0.2) is 75.5 Å². The van der Waals surface area contributed by atoms with Crippen molar-refractivity contribution in [1.82, 2.24) is 29.4 Å². The zero-order chi connectivity index (χ0) is 23.4. The summed E-state index contributed by atoms with van der Waals surface area (Å²) in [6.45, 7) is 4.57. The highest BCUT2D eigenvalue weighted by Gasteiger charge is 2.29. The Morgan fingerprint density at radius 1 is 1.03 bits per heavy atom. The van der Waals surface area contributed by atoms with E-state index in [1.807, 2.05) is 31.2 Å². The lowest BCUT2D eigenvalue weighted by molar-refractivity contribution is -0.384. The van der Waals surface area contributed by atoms with Crippen LogP contribution in [0.3, 0.4) is 0 Å². The smallest absolute Gasteiger partial charge is 0.269 e. The minimum Gasteiger partial charge on any atom is -0.494 e. The second kappa shape index (κ2) is 9.60. The molecule has 13 heteroatoms. The van der Waals surface area contributed by atoms with Crippen molar-refractivity contribution in [3.05, 3.63) is 64.5 Å². The van der Waals surface area contributed by atoms with E-state index in [0.717, 1.165) is 11.4 Å². The first-order valence-corrected chi connectivity index (χ1v) is 11.8. The average Bonchev–Trinajstić information content (AvgIpc) is 3.28. The van der Waals surface area contributed by atoms with Crippen LogP contribution >= 0.6 is 0 Å². The highest BCUT2D eigenvalue weighted by molar-refractivity contribution is 7.89. The number of nitro benzene ring substituents is 1. The lowest BCUT2D eigenvalue weighted by atomic mass is 10.3. The molecule has 0 bridgehead atoms. The number of nitro groups is 1. The maximum Gasteiger partial charge on any atom is 0.269 e. The zero-order valence-electron chi connectivity index (χ0n) is 17.9. The maximum atomic E-state index is 12.9. The molecule has 1 aromatic heterocycles. The first-order chi connectivity index (χ1) is 15.9. The SMILES string of the molecule is CCOc1ccc(-n2nnnc2CN2CCN(S(=O)(=O)c3ccc([N+](=O)[O-])cc3)CC2)cc1. The van der Waals surface area contributed by atoms with Gasteiger partial charge < -0.3 is 4.74 Å². The van der Waals surface area contributed by atoms with Crippen molar-refractivity contribution in [3.8, 4) is 11.4 Å². The second-order valence-corrected chi connectivity index (χ2v) is 9.30. The van der Waals surface area contributed by atoms with E-state index in [0.29, 0.717) is 45.2 Å². The van der Waals surface area contributed by atoms with Crippen LogP contribution in [-0.2, 0) is 16.6 Å². The van der Waals surface area contributed by atoms with Crippen LogP contribution in [0.4, 0.5) is 5.69 Å². The standard InChI is InChI=1S/C20H23N7O5S/c1-2-32-18-7-3-16(4-8-18)26-20(21-22-23-26)15-24-11-13-25(14-12-24)33(30,31)19-9-5-17(6-10-19)27(28)29/h3-10H,2,11-15H2,1H3. The number of rotatable bonds is 8. The van der Waals surface area contributed by atoms with Gasteiger partial charge in [-0.15, -0.1) is 5.10 Å². The number of sulfonamides is 1. The molecule has 2 heterocycles. The number of benzene rings is 2. The van der Waals surface area contributed by atoms with Gasteiger partial charge in [0.2, 0.25) is 10.0 Å². The molecular formula is C20H23N7O5S. The predicted octanol–water partition coefficient (Wildman–Crippen LogP) is 1.48. The Balaban J connectivity index is 1.39. The van der Waals surface area contributed by atoms with E-state index >= 15 is 0 Å². The molecule has 1 aliphatic rings. The van der Waals surface area contributed by atoms with Crippen molar-refractivity contribution < 1.29 is 18.1 Å². The predicted molar refractivity (Wildman–Crippen MR) is 117 cm³/mol. The van der Waals surface area contributed by atoms with Crippen molar-refractivity contribution >= 4 is 15.7 Å². The number of non-ortho nitro benzene ring substituents is 1. The van der Waals surface area contributed by atoms with Crippen LogP contribution in [0.2, 0.25) is 0 Å². The summed E-state index contributed by atoms with van der Waals surface area (Å²) in [4.78, 5) is 12.4. The van der Waals surface area contributed by atoms with Gasteiger partial charge in [0, 0.05) is 38.3 Å². The van der Waals surface area contributed by atoms with Crippen molar-refractivity contribution in [2.45, 2.75) is 18.4 Å². The lowest BCUT2D eigenvalue weighted by Gasteiger charge is -2.33. The van der Waals surface area contributed by atoms with Gasteiger partial charge >= 0.3 is 0 Å². The van der Waals surface area contributed by atoms with Gasteiger partial charge in [0.15, 0.2) is 5.82 Å². The number of nitrogens with zero attached hydrogens (tertiary/aromatic N) is 7. The molecule has 33 heavy (non-hydrogen) atoms. The number of hydrogen-bond acceptors (Lipinski definition) is 9. The fourth-order valence-electron chi connectivity index (χ4n) is 3.57. The van der Waals surface area contributed by atoms with Crippen LogP contribution in [0.1, 0.15) is 12.7 Å². The van der Waals surface area contributed by atoms with Crippen molar-refractivity contribution in [3.63, 3.8) is 0 Å². The molecule has 1 fully saturated rings. The molecule has 0 spiro atoms. The Morgan fingerprint density at radius 2 is 1.70 bits per heavy atom. The number of piperazine rings is 1. The van der Waals surface area contributed by atoms with Gasteiger partial charge in [-0.05, 0) is 53.7 Å². The van der Waals surface area contributed by atoms with Crippen LogP contribution in [0.25, 0.3) is 5.69 Å². The molecule has 3 aromatic rings. The van der Waals surface area contributed by atoms with Crippen LogP contribution in [0.5, 0.6) is 5.75 Å². The minimum absolute atomic E-state index is 0.0426. The molecule has 0 saturated carbocycles. The van der Waals surface area contributed by atoms with E-state index in [1.165, 1.54) is 28.6 Å². The first kappa shape index (κ1) is 22.8. The molecule has 0 unspecified atom stereocenters. The van der Waals surface area contributed by atoms with E-state index in [4.69, 9.17) is 4.74 Å². The molecule has 1 saturated heterocycles. The number of hydrogen-bond donors (Lipinski definition) is 0. The highest BCUT2D eigenvalue weighted by atomic mass is 32.2. The Morgan fingerprint density at radius 3 is 2.30 bits per heavy atom. The summed E-state index contributed by atoms with van der Waals surface area (Å²) in [6.07, 6.45) is 0. The van der Waals surface area contributed by atoms with E-state index in [-0.39, 0.29) is 10.6 Å². The molecule has 2 aromatic carbocycles. The Bertz CT molecular complexity index is 1200. The summed E-state index contributed by atoms with van der Waals surface area (Å²) in [5, 5.41) is 22.8. The lowest BCUT2D eigenvalue weighted by Crippen LogP contribution is -2.48. The second-order valence-electron chi connectivity index (χ2n) is 7.37. The van der Waals surface area contributed by atoms with Crippen molar-refractivity contribution in [2.75, 3.05) is 32.8 Å². The first-order valence-electron chi connectivity index (χ1n) is 10.4. The van der Waals surface area contributed by atoms with E-state index in [2.05, 4.69) is 20.4 Å². The molecular weight excluding hydrogens is 450 g/mol. The molecule has 0 radical (unpaired) electrons. The molecule has 12 nitrogen and oxygen atoms in total. The molecule has 0 atom stereocenters. The van der Waals surface area contributed by atoms with E-state index < -0.39 is 14.9 Å². The molecule has 0 aliphatic carbocycles. The van der Waals surface area contributed by atoms with Gasteiger partial charge in [-0.25, -0.2) is 8.42 Å². The van der Waals surface area contributed by atoms with Crippen molar-refractivity contribution in [1.29, 1.82) is 0 Å². The number of aromatic nitrogens is 4. The topological polar surface area (TPSA) is 137 Å². The van der Waals surface area contributed by atoms with E-state index in [1.54, 1.807) is 4.68 Å². The van der Waals surface area contributed by atoms with Gasteiger partial charge in [0.05, 0.1) is 28.7 Å². The molecule has 1 aliphatic heterocycles. The summed E-state index contributed by atoms with van der Waals surface area (Å²) in [7, 11) is -3.72. The minimum atomic E-state index is -3.72. The van der Waals surface area contributed by atoms with E-state index in [9.17, 15) is 18.5 Å². The summed E-state index contributed by atoms with van der Waals surface area (Å²) in [5.41, 5.74) is 0.654. The van der Waals surface area contributed by atoms with Gasteiger partial charge in [-0.3, -0.25) is 15.0 Å². The Kier molecular flexibility index (Phi) is 6.62. The third-order valence-corrected chi connectivity index (χ3v) is 7.22. The van der Waals surface area contributed by atoms with Gasteiger partial charge in [0.25, 0.3) is 5.69 Å². The monoisotopic (exact) mass is 473 g/mol. The summed E-state index contributed by atoms with van der Waals surface area (Å²) >= 11 is 0. The Hall–Kier alpha value is -3.42. The fraction of sp³-hybridized carbons (Fsp3) is 0.350. The summed E-state index contributed by atoms with van der Waals surface area (Å²) < 4.78 is 34.3. The van der Waals surface area contributed by atoms with Crippen LogP contribution < -0.4 is 4.74 Å². The quantitative estimate of drug-likeness (QED) is 0.352. The number of tetrazole rings is 1. The summed E-state index contributed by atoms with van der Waals surface area (Å²) in [5.74, 6) is 1.41. The van der Waals surface area contributed by atoms with Crippen molar-refractivity contribution in [2.24, 2.45) is 0 Å². The summed E-state index contributed by atoms with van der Waals surface area (Å²) in [6, 6.07) is 12.4. The normalized spacial score (nSPS) is 15.4. The zero-order valence-corrected chi connectivity index (χ0v) is 18.8. The van der Waals surface area contributed by atoms with Gasteiger partial charge in [0.1, 0.15) is 5.75 Å². The maximum absolute atomic E-state index is 12.9. The molecule has 174 valence electrons. The fourth-order valence-corrected chi connectivity index (χ4v) is 4.99. The third-order valence-electron chi connectivity index (χ3n) is 5.31. The third kappa shape index (κ3) is 4.99. The number of ether oxygens (including phenoxy) is 1. The van der Waals surface area contributed by atoms with Crippen LogP contribution in [0, 0.1) is 10.1 Å². The van der Waals surface area contributed by atoms with Gasteiger partial charge in [-0.1, -0.05) is 0 Å². The van der Waals surface area contributed by atoms with Gasteiger partial charge in [-0.2, -0.15) is 8.99 Å². The Labute approximate surface area is 190 Å².